The van der Waals surface area contributed by atoms with Crippen molar-refractivity contribution in [3.63, 3.8) is 0 Å². The SMILES string of the molecule is CC(=O)N[C@@H]1[C@H](Oc2ccc3oc(=O)sc3c2)O[C@@H](COC(C)=O)[C@@H](OC(C)=O)[C@@H]1OC(C)=O. The summed E-state index contributed by atoms with van der Waals surface area (Å²) in [5.41, 5.74) is 0.366. The first-order valence-corrected chi connectivity index (χ1v) is 11.0. The molecule has 184 valence electrons. The van der Waals surface area contributed by atoms with E-state index in [-0.39, 0.29) is 12.4 Å². The number of amides is 1. The van der Waals surface area contributed by atoms with Crippen LogP contribution in [0.3, 0.4) is 0 Å². The van der Waals surface area contributed by atoms with Gasteiger partial charge >= 0.3 is 22.8 Å². The lowest BCUT2D eigenvalue weighted by atomic mass is 9.96. The molecule has 1 amide bonds. The third kappa shape index (κ3) is 6.32. The van der Waals surface area contributed by atoms with Crippen LogP contribution >= 0.6 is 11.3 Å². The standard InChI is InChI=1S/C21H23NO11S/c1-9(23)22-17-19(30-12(4)26)18(29-11(3)25)15(8-28-10(2)24)32-20(17)31-13-5-6-14-16(7-13)34-21(27)33-14/h5-7,15,17-20H,8H2,1-4H3,(H,22,23)/t15-,17-,18+,19+,20+/m0/s1. The highest BCUT2D eigenvalue weighted by Crippen LogP contribution is 2.30. The number of carbonyl (C=O) groups is 4. The van der Waals surface area contributed by atoms with Crippen molar-refractivity contribution >= 4 is 45.4 Å². The van der Waals surface area contributed by atoms with E-state index in [9.17, 15) is 24.0 Å². The summed E-state index contributed by atoms with van der Waals surface area (Å²) >= 11 is 0.871. The van der Waals surface area contributed by atoms with E-state index in [1.54, 1.807) is 6.07 Å². The van der Waals surface area contributed by atoms with Crippen LogP contribution in [-0.2, 0) is 38.1 Å². The van der Waals surface area contributed by atoms with Crippen LogP contribution in [0.1, 0.15) is 27.7 Å². The van der Waals surface area contributed by atoms with Crippen molar-refractivity contribution in [1.29, 1.82) is 0 Å². The van der Waals surface area contributed by atoms with Gasteiger partial charge < -0.3 is 33.4 Å². The number of esters is 3. The van der Waals surface area contributed by atoms with Crippen LogP contribution in [0.5, 0.6) is 5.75 Å². The Labute approximate surface area is 197 Å². The smallest absolute Gasteiger partial charge is 0.396 e. The summed E-state index contributed by atoms with van der Waals surface area (Å²) in [7, 11) is 0. The van der Waals surface area contributed by atoms with Crippen molar-refractivity contribution in [2.45, 2.75) is 58.3 Å². The van der Waals surface area contributed by atoms with Crippen LogP contribution in [0.15, 0.2) is 27.4 Å². The molecule has 1 aromatic carbocycles. The van der Waals surface area contributed by atoms with Crippen molar-refractivity contribution in [3.8, 4) is 5.75 Å². The number of rotatable bonds is 7. The highest BCUT2D eigenvalue weighted by atomic mass is 32.1. The molecule has 1 fully saturated rings. The topological polar surface area (TPSA) is 157 Å². The van der Waals surface area contributed by atoms with Crippen molar-refractivity contribution < 1.29 is 47.3 Å². The lowest BCUT2D eigenvalue weighted by molar-refractivity contribution is -0.257. The van der Waals surface area contributed by atoms with E-state index in [1.807, 2.05) is 0 Å². The van der Waals surface area contributed by atoms with E-state index < -0.39 is 59.4 Å². The van der Waals surface area contributed by atoms with Gasteiger partial charge in [-0.05, 0) is 12.1 Å². The summed E-state index contributed by atoms with van der Waals surface area (Å²) in [6.07, 6.45) is -4.82. The molecule has 5 atom stereocenters. The number of benzene rings is 1. The minimum Gasteiger partial charge on any atom is -0.463 e. The number of carbonyl (C=O) groups excluding carboxylic acids is 4. The Morgan fingerprint density at radius 3 is 2.29 bits per heavy atom. The van der Waals surface area contributed by atoms with Crippen LogP contribution < -0.4 is 15.0 Å². The summed E-state index contributed by atoms with van der Waals surface area (Å²) in [5.74, 6) is -2.28. The summed E-state index contributed by atoms with van der Waals surface area (Å²) in [5, 5.41) is 2.61. The monoisotopic (exact) mass is 497 g/mol. The molecular weight excluding hydrogens is 474 g/mol. The minimum atomic E-state index is -1.26. The van der Waals surface area contributed by atoms with E-state index in [0.29, 0.717) is 10.3 Å². The second-order valence-corrected chi connectivity index (χ2v) is 8.38. The molecule has 1 aliphatic heterocycles. The Morgan fingerprint density at radius 1 is 1.00 bits per heavy atom. The zero-order valence-electron chi connectivity index (χ0n) is 18.7. The molecule has 0 radical (unpaired) electrons. The van der Waals surface area contributed by atoms with Gasteiger partial charge in [0.1, 0.15) is 30.1 Å². The molecule has 1 aromatic heterocycles. The van der Waals surface area contributed by atoms with Crippen LogP contribution in [0.25, 0.3) is 10.3 Å². The Morgan fingerprint density at radius 2 is 1.68 bits per heavy atom. The first kappa shape index (κ1) is 25.2. The number of nitrogens with one attached hydrogen (secondary N) is 1. The molecule has 1 saturated heterocycles. The van der Waals surface area contributed by atoms with Gasteiger partial charge in [0, 0.05) is 33.8 Å². The molecule has 0 bridgehead atoms. The average molecular weight is 497 g/mol. The summed E-state index contributed by atoms with van der Waals surface area (Å²) in [6.45, 7) is 4.38. The molecule has 0 unspecified atom stereocenters. The molecule has 0 spiro atoms. The molecule has 13 heteroatoms. The van der Waals surface area contributed by atoms with Gasteiger partial charge in [-0.1, -0.05) is 11.3 Å². The zero-order valence-corrected chi connectivity index (χ0v) is 19.5. The van der Waals surface area contributed by atoms with Crippen molar-refractivity contribution in [1.82, 2.24) is 5.32 Å². The van der Waals surface area contributed by atoms with Gasteiger partial charge in [-0.3, -0.25) is 19.2 Å². The largest absolute Gasteiger partial charge is 0.463 e. The van der Waals surface area contributed by atoms with Crippen molar-refractivity contribution in [3.05, 3.63) is 27.9 Å². The van der Waals surface area contributed by atoms with Crippen molar-refractivity contribution in [2.75, 3.05) is 6.61 Å². The Kier molecular flexibility index (Phi) is 7.89. The van der Waals surface area contributed by atoms with E-state index in [4.69, 9.17) is 28.1 Å². The van der Waals surface area contributed by atoms with Gasteiger partial charge in [-0.15, -0.1) is 0 Å². The fraction of sp³-hybridized carbons (Fsp3) is 0.476. The molecular formula is C21H23NO11S. The highest BCUT2D eigenvalue weighted by molar-refractivity contribution is 7.16. The third-order valence-corrected chi connectivity index (χ3v) is 5.41. The average Bonchev–Trinajstić information content (AvgIpc) is 3.09. The zero-order chi connectivity index (χ0) is 25.0. The molecule has 2 aromatic rings. The normalized spacial score (nSPS) is 24.2. The number of hydrogen-bond donors (Lipinski definition) is 1. The summed E-state index contributed by atoms with van der Waals surface area (Å²) in [6, 6.07) is 3.48. The Hall–Kier alpha value is -3.45. The van der Waals surface area contributed by atoms with Crippen LogP contribution in [-0.4, -0.2) is 61.1 Å². The third-order valence-electron chi connectivity index (χ3n) is 4.63. The molecule has 34 heavy (non-hydrogen) atoms. The highest BCUT2D eigenvalue weighted by Gasteiger charge is 2.52. The van der Waals surface area contributed by atoms with E-state index in [1.165, 1.54) is 26.0 Å². The Balaban J connectivity index is 1.99. The molecule has 0 aliphatic carbocycles. The van der Waals surface area contributed by atoms with Gasteiger partial charge in [-0.25, -0.2) is 4.79 Å². The van der Waals surface area contributed by atoms with Crippen LogP contribution in [0.4, 0.5) is 0 Å². The van der Waals surface area contributed by atoms with Gasteiger partial charge in [0.05, 0.1) is 4.70 Å². The maximum atomic E-state index is 12.0. The lowest BCUT2D eigenvalue weighted by Gasteiger charge is -2.44. The first-order valence-electron chi connectivity index (χ1n) is 10.1. The maximum Gasteiger partial charge on any atom is 0.396 e. The molecule has 3 rings (SSSR count). The maximum absolute atomic E-state index is 12.0. The van der Waals surface area contributed by atoms with Gasteiger partial charge in [0.25, 0.3) is 0 Å². The van der Waals surface area contributed by atoms with E-state index in [0.717, 1.165) is 25.2 Å². The van der Waals surface area contributed by atoms with E-state index in [2.05, 4.69) is 5.32 Å². The van der Waals surface area contributed by atoms with Crippen molar-refractivity contribution in [2.24, 2.45) is 0 Å². The minimum absolute atomic E-state index is 0.253. The number of hydrogen-bond acceptors (Lipinski definition) is 12. The molecule has 12 nitrogen and oxygen atoms in total. The second kappa shape index (κ2) is 10.7. The molecule has 1 aliphatic rings. The second-order valence-electron chi connectivity index (χ2n) is 7.40. The van der Waals surface area contributed by atoms with E-state index >= 15 is 0 Å². The van der Waals surface area contributed by atoms with Crippen LogP contribution in [0, 0.1) is 0 Å². The summed E-state index contributed by atoms with van der Waals surface area (Å²) < 4.78 is 33.2. The predicted molar refractivity (Wildman–Crippen MR) is 115 cm³/mol. The van der Waals surface area contributed by atoms with Gasteiger partial charge in [0.15, 0.2) is 12.2 Å². The number of ether oxygens (including phenoxy) is 5. The predicted octanol–water partition coefficient (Wildman–Crippen LogP) is 0.889. The van der Waals surface area contributed by atoms with Crippen LogP contribution in [0.2, 0.25) is 0 Å². The Bertz CT molecular complexity index is 1140. The van der Waals surface area contributed by atoms with Gasteiger partial charge in [-0.2, -0.15) is 0 Å². The fourth-order valence-electron chi connectivity index (χ4n) is 3.45. The first-order chi connectivity index (χ1) is 16.0. The quantitative estimate of drug-likeness (QED) is 0.428. The molecule has 1 N–H and O–H groups in total. The van der Waals surface area contributed by atoms with Gasteiger partial charge in [0.2, 0.25) is 12.2 Å². The summed E-state index contributed by atoms with van der Waals surface area (Å²) in [4.78, 5) is 58.0. The molecule has 0 saturated carbocycles. The molecule has 2 heterocycles. The lowest BCUT2D eigenvalue weighted by Crippen LogP contribution is -2.67. The fourth-order valence-corrected chi connectivity index (χ4v) is 4.15. The number of fused-ring (bicyclic) bond motifs is 1.